The Morgan fingerprint density at radius 2 is 2.00 bits per heavy atom. The van der Waals surface area contributed by atoms with Crippen molar-refractivity contribution in [3.8, 4) is 5.88 Å². The molecule has 20 heavy (non-hydrogen) atoms. The average molecular weight is 283 g/mol. The Kier molecular flexibility index (Phi) is 8.66. The number of hydrogen-bond donors (Lipinski definition) is 1. The molecule has 0 unspecified atom stereocenters. The van der Waals surface area contributed by atoms with Crippen molar-refractivity contribution in [3.63, 3.8) is 0 Å². The molecule has 0 aliphatic carbocycles. The van der Waals surface area contributed by atoms with Crippen LogP contribution < -0.4 is 10.1 Å². The van der Waals surface area contributed by atoms with Crippen LogP contribution in [-0.2, 0) is 9.47 Å². The number of rotatable bonds is 11. The zero-order valence-corrected chi connectivity index (χ0v) is 12.6. The van der Waals surface area contributed by atoms with Crippen LogP contribution in [0, 0.1) is 6.92 Å². The van der Waals surface area contributed by atoms with Gasteiger partial charge < -0.3 is 19.5 Å². The number of nitrogens with one attached hydrogen (secondary N) is 1. The first-order chi connectivity index (χ1) is 9.79. The minimum Gasteiger partial charge on any atom is -0.477 e. The molecule has 0 aliphatic heterocycles. The van der Waals surface area contributed by atoms with Gasteiger partial charge in [-0.25, -0.2) is 9.97 Å². The van der Waals surface area contributed by atoms with E-state index in [1.807, 2.05) is 6.92 Å². The number of aromatic nitrogens is 2. The molecule has 0 radical (unpaired) electrons. The summed E-state index contributed by atoms with van der Waals surface area (Å²) >= 11 is 0. The highest BCUT2D eigenvalue weighted by Crippen LogP contribution is 2.20. The molecule has 0 aliphatic rings. The van der Waals surface area contributed by atoms with Gasteiger partial charge in [-0.05, 0) is 13.3 Å². The summed E-state index contributed by atoms with van der Waals surface area (Å²) in [4.78, 5) is 8.37. The molecule has 1 aromatic heterocycles. The first-order valence-electron chi connectivity index (χ1n) is 7.04. The maximum atomic E-state index is 5.66. The van der Waals surface area contributed by atoms with Crippen LogP contribution in [0.3, 0.4) is 0 Å². The lowest BCUT2D eigenvalue weighted by molar-refractivity contribution is 0.0641. The second-order valence-corrected chi connectivity index (χ2v) is 4.39. The van der Waals surface area contributed by atoms with Gasteiger partial charge in [-0.1, -0.05) is 6.92 Å². The van der Waals surface area contributed by atoms with Gasteiger partial charge in [0.05, 0.1) is 25.4 Å². The summed E-state index contributed by atoms with van der Waals surface area (Å²) in [5.74, 6) is 1.48. The Morgan fingerprint density at radius 3 is 2.75 bits per heavy atom. The predicted molar refractivity (Wildman–Crippen MR) is 78.4 cm³/mol. The molecule has 6 nitrogen and oxygen atoms in total. The number of anilines is 1. The van der Waals surface area contributed by atoms with Crippen molar-refractivity contribution < 1.29 is 14.2 Å². The van der Waals surface area contributed by atoms with E-state index in [1.54, 1.807) is 7.11 Å². The van der Waals surface area contributed by atoms with E-state index >= 15 is 0 Å². The van der Waals surface area contributed by atoms with E-state index in [0.717, 1.165) is 30.8 Å². The maximum absolute atomic E-state index is 5.66. The summed E-state index contributed by atoms with van der Waals surface area (Å²) in [7, 11) is 1.66. The third kappa shape index (κ3) is 6.16. The SMILES string of the molecule is CCCNc1ncnc(OCCCOCCOC)c1C. The van der Waals surface area contributed by atoms with E-state index < -0.39 is 0 Å². The lowest BCUT2D eigenvalue weighted by Crippen LogP contribution is -2.09. The molecular weight excluding hydrogens is 258 g/mol. The van der Waals surface area contributed by atoms with E-state index in [4.69, 9.17) is 14.2 Å². The summed E-state index contributed by atoms with van der Waals surface area (Å²) in [6, 6.07) is 0. The van der Waals surface area contributed by atoms with Gasteiger partial charge in [-0.2, -0.15) is 0 Å². The van der Waals surface area contributed by atoms with Gasteiger partial charge in [0.1, 0.15) is 12.1 Å². The molecule has 1 heterocycles. The Labute approximate surface area is 120 Å². The zero-order chi connectivity index (χ0) is 14.6. The van der Waals surface area contributed by atoms with Crippen molar-refractivity contribution in [2.75, 3.05) is 45.4 Å². The van der Waals surface area contributed by atoms with Gasteiger partial charge in [-0.15, -0.1) is 0 Å². The van der Waals surface area contributed by atoms with Crippen LogP contribution >= 0.6 is 0 Å². The second-order valence-electron chi connectivity index (χ2n) is 4.39. The normalized spacial score (nSPS) is 10.6. The minimum absolute atomic E-state index is 0.581. The minimum atomic E-state index is 0.581. The first kappa shape index (κ1) is 16.7. The molecule has 0 amide bonds. The molecular formula is C14H25N3O3. The van der Waals surface area contributed by atoms with Crippen LogP contribution in [0.4, 0.5) is 5.82 Å². The Bertz CT molecular complexity index is 375. The van der Waals surface area contributed by atoms with E-state index in [1.165, 1.54) is 6.33 Å². The van der Waals surface area contributed by atoms with Gasteiger partial charge in [0.25, 0.3) is 0 Å². The third-order valence-corrected chi connectivity index (χ3v) is 2.68. The van der Waals surface area contributed by atoms with Crippen molar-refractivity contribution in [3.05, 3.63) is 11.9 Å². The summed E-state index contributed by atoms with van der Waals surface area (Å²) in [6.45, 7) is 7.45. The van der Waals surface area contributed by atoms with E-state index in [2.05, 4.69) is 22.2 Å². The molecule has 0 spiro atoms. The lowest BCUT2D eigenvalue weighted by atomic mass is 10.3. The second kappa shape index (κ2) is 10.4. The molecule has 0 saturated heterocycles. The number of ether oxygens (including phenoxy) is 3. The smallest absolute Gasteiger partial charge is 0.221 e. The summed E-state index contributed by atoms with van der Waals surface area (Å²) < 4.78 is 15.9. The Balaban J connectivity index is 2.29. The van der Waals surface area contributed by atoms with Crippen LogP contribution in [0.25, 0.3) is 0 Å². The molecule has 0 atom stereocenters. The molecule has 0 aromatic carbocycles. The lowest BCUT2D eigenvalue weighted by Gasteiger charge is -2.11. The van der Waals surface area contributed by atoms with E-state index in [9.17, 15) is 0 Å². The van der Waals surface area contributed by atoms with Gasteiger partial charge in [0, 0.05) is 26.7 Å². The molecule has 6 heteroatoms. The Morgan fingerprint density at radius 1 is 1.15 bits per heavy atom. The van der Waals surface area contributed by atoms with Crippen LogP contribution in [0.2, 0.25) is 0 Å². The number of hydrogen-bond acceptors (Lipinski definition) is 6. The highest BCUT2D eigenvalue weighted by atomic mass is 16.5. The van der Waals surface area contributed by atoms with Crippen LogP contribution in [0.5, 0.6) is 5.88 Å². The fourth-order valence-electron chi connectivity index (χ4n) is 1.58. The standard InChI is InChI=1S/C14H25N3O3/c1-4-6-15-13-12(2)14(17-11-16-13)20-8-5-7-19-10-9-18-3/h11H,4-10H2,1-3H3,(H,15,16,17). The molecule has 1 rings (SSSR count). The molecule has 1 N–H and O–H groups in total. The molecule has 0 bridgehead atoms. The molecule has 114 valence electrons. The fourth-order valence-corrected chi connectivity index (χ4v) is 1.58. The van der Waals surface area contributed by atoms with Crippen LogP contribution in [0.15, 0.2) is 6.33 Å². The largest absolute Gasteiger partial charge is 0.477 e. The highest BCUT2D eigenvalue weighted by molar-refractivity contribution is 5.47. The van der Waals surface area contributed by atoms with E-state index in [0.29, 0.717) is 32.3 Å². The quantitative estimate of drug-likeness (QED) is 0.627. The van der Waals surface area contributed by atoms with Crippen LogP contribution in [0.1, 0.15) is 25.3 Å². The van der Waals surface area contributed by atoms with Crippen LogP contribution in [-0.4, -0.2) is 50.1 Å². The maximum Gasteiger partial charge on any atom is 0.221 e. The zero-order valence-electron chi connectivity index (χ0n) is 12.6. The average Bonchev–Trinajstić information content (AvgIpc) is 2.46. The summed E-state index contributed by atoms with van der Waals surface area (Å²) in [5, 5.41) is 3.26. The highest BCUT2D eigenvalue weighted by Gasteiger charge is 2.07. The first-order valence-corrected chi connectivity index (χ1v) is 7.04. The molecule has 0 fully saturated rings. The van der Waals surface area contributed by atoms with Gasteiger partial charge in [0.2, 0.25) is 5.88 Å². The van der Waals surface area contributed by atoms with Gasteiger partial charge in [-0.3, -0.25) is 0 Å². The van der Waals surface area contributed by atoms with Crippen molar-refractivity contribution >= 4 is 5.82 Å². The molecule has 0 saturated carbocycles. The number of methoxy groups -OCH3 is 1. The number of nitrogens with zero attached hydrogens (tertiary/aromatic N) is 2. The van der Waals surface area contributed by atoms with Crippen molar-refractivity contribution in [2.24, 2.45) is 0 Å². The third-order valence-electron chi connectivity index (χ3n) is 2.68. The molecule has 1 aromatic rings. The van der Waals surface area contributed by atoms with Crippen molar-refractivity contribution in [2.45, 2.75) is 26.7 Å². The van der Waals surface area contributed by atoms with Crippen molar-refractivity contribution in [1.29, 1.82) is 0 Å². The van der Waals surface area contributed by atoms with E-state index in [-0.39, 0.29) is 0 Å². The predicted octanol–water partition coefficient (Wildman–Crippen LogP) is 2.04. The fraction of sp³-hybridized carbons (Fsp3) is 0.714. The van der Waals surface area contributed by atoms with Gasteiger partial charge >= 0.3 is 0 Å². The Hall–Kier alpha value is -1.40. The monoisotopic (exact) mass is 283 g/mol. The summed E-state index contributed by atoms with van der Waals surface area (Å²) in [5.41, 5.74) is 0.946. The van der Waals surface area contributed by atoms with Gasteiger partial charge in [0.15, 0.2) is 0 Å². The summed E-state index contributed by atoms with van der Waals surface area (Å²) in [6.07, 6.45) is 3.40. The van der Waals surface area contributed by atoms with Crippen molar-refractivity contribution in [1.82, 2.24) is 9.97 Å². The topological polar surface area (TPSA) is 65.5 Å².